The number of hydrogen-bond acceptors (Lipinski definition) is 3. The van der Waals surface area contributed by atoms with E-state index in [1.165, 1.54) is 0 Å². The van der Waals surface area contributed by atoms with Crippen LogP contribution in [0.3, 0.4) is 0 Å². The van der Waals surface area contributed by atoms with E-state index in [-0.39, 0.29) is 26.0 Å². The van der Waals surface area contributed by atoms with E-state index >= 15 is 0 Å². The van der Waals surface area contributed by atoms with E-state index < -0.39 is 0 Å². The van der Waals surface area contributed by atoms with Crippen molar-refractivity contribution in [1.82, 2.24) is 14.5 Å². The molecule has 0 unspecified atom stereocenters. The van der Waals surface area contributed by atoms with Crippen LogP contribution in [0.2, 0.25) is 0 Å². The molecule has 0 aliphatic carbocycles. The molecule has 1 radical (unpaired) electrons. The van der Waals surface area contributed by atoms with Crippen LogP contribution < -0.4 is 0 Å². The van der Waals surface area contributed by atoms with E-state index in [9.17, 15) is 5.11 Å². The van der Waals surface area contributed by atoms with Gasteiger partial charge in [0.15, 0.2) is 0 Å². The van der Waals surface area contributed by atoms with Crippen molar-refractivity contribution in [2.45, 2.75) is 13.3 Å². The summed E-state index contributed by atoms with van der Waals surface area (Å²) in [5.74, 6) is 1.42. The van der Waals surface area contributed by atoms with Gasteiger partial charge in [-0.05, 0) is 18.6 Å². The molecule has 137 valence electrons. The standard InChI is InChI=1S/C22H19N3O.Ir/c1-2-18-14-9-15-19(23-18)25-21(17-12-7-4-8-13-17)24-20(22(25)26)16-10-5-3-6-11-16;/h3-15,26H,2H2,1H3;. The zero-order valence-electron chi connectivity index (χ0n) is 14.8. The average molecular weight is 534 g/mol. The van der Waals surface area contributed by atoms with Gasteiger partial charge in [-0.3, -0.25) is 0 Å². The van der Waals surface area contributed by atoms with E-state index in [1.807, 2.05) is 78.9 Å². The molecule has 4 nitrogen and oxygen atoms in total. The molecule has 0 bridgehead atoms. The van der Waals surface area contributed by atoms with Gasteiger partial charge in [0.1, 0.15) is 17.3 Å². The maximum absolute atomic E-state index is 11.0. The third-order valence-electron chi connectivity index (χ3n) is 4.32. The molecule has 0 saturated heterocycles. The van der Waals surface area contributed by atoms with Gasteiger partial charge in [-0.15, -0.1) is 0 Å². The van der Waals surface area contributed by atoms with Crippen LogP contribution in [0.1, 0.15) is 12.6 Å². The smallest absolute Gasteiger partial charge is 0.225 e. The first-order chi connectivity index (χ1) is 12.8. The van der Waals surface area contributed by atoms with E-state index in [2.05, 4.69) is 11.9 Å². The van der Waals surface area contributed by atoms with Crippen LogP contribution in [0, 0.1) is 0 Å². The molecule has 0 fully saturated rings. The molecule has 5 heteroatoms. The summed E-state index contributed by atoms with van der Waals surface area (Å²) in [4.78, 5) is 9.43. The molecule has 4 aromatic rings. The Labute approximate surface area is 171 Å². The zero-order valence-corrected chi connectivity index (χ0v) is 17.2. The second-order valence-corrected chi connectivity index (χ2v) is 6.02. The predicted molar refractivity (Wildman–Crippen MR) is 103 cm³/mol. The van der Waals surface area contributed by atoms with Crippen LogP contribution in [-0.4, -0.2) is 19.6 Å². The Morgan fingerprint density at radius 1 is 0.778 bits per heavy atom. The van der Waals surface area contributed by atoms with Crippen LogP contribution in [0.25, 0.3) is 28.5 Å². The monoisotopic (exact) mass is 534 g/mol. The molecule has 0 aliphatic rings. The van der Waals surface area contributed by atoms with Gasteiger partial charge < -0.3 is 5.11 Å². The van der Waals surface area contributed by atoms with Gasteiger partial charge in [0.05, 0.1) is 0 Å². The van der Waals surface area contributed by atoms with Crippen molar-refractivity contribution < 1.29 is 25.2 Å². The number of imidazole rings is 1. The van der Waals surface area contributed by atoms with Gasteiger partial charge in [-0.1, -0.05) is 73.7 Å². The summed E-state index contributed by atoms with van der Waals surface area (Å²) in [5.41, 5.74) is 3.31. The Bertz CT molecular complexity index is 1030. The van der Waals surface area contributed by atoms with Gasteiger partial charge in [-0.2, -0.15) is 0 Å². The van der Waals surface area contributed by atoms with E-state index in [0.717, 1.165) is 23.2 Å². The fraction of sp³-hybridized carbons (Fsp3) is 0.0909. The topological polar surface area (TPSA) is 50.9 Å². The fourth-order valence-corrected chi connectivity index (χ4v) is 2.99. The maximum atomic E-state index is 11.0. The second-order valence-electron chi connectivity index (χ2n) is 6.02. The Kier molecular flexibility index (Phi) is 5.84. The SMILES string of the molecule is CCc1cccc(-n2c(-c3ccccc3)nc(-c3ccccc3)c2O)n1.[Ir]. The second kappa shape index (κ2) is 8.29. The molecule has 0 amide bonds. The van der Waals surface area contributed by atoms with Crippen LogP contribution >= 0.6 is 0 Å². The third kappa shape index (κ3) is 3.70. The molecule has 2 aromatic carbocycles. The average Bonchev–Trinajstić information content (AvgIpc) is 3.06. The van der Waals surface area contributed by atoms with Gasteiger partial charge in [0.25, 0.3) is 0 Å². The van der Waals surface area contributed by atoms with E-state index in [0.29, 0.717) is 17.3 Å². The van der Waals surface area contributed by atoms with Crippen molar-refractivity contribution in [2.75, 3.05) is 0 Å². The molecule has 0 spiro atoms. The van der Waals surface area contributed by atoms with Crippen LogP contribution in [-0.2, 0) is 26.5 Å². The quantitative estimate of drug-likeness (QED) is 0.408. The molecular formula is C22H19IrN3O. The summed E-state index contributed by atoms with van der Waals surface area (Å²) < 4.78 is 1.72. The van der Waals surface area contributed by atoms with Gasteiger partial charge in [-0.25, -0.2) is 14.5 Å². The molecule has 0 saturated carbocycles. The van der Waals surface area contributed by atoms with Crippen molar-refractivity contribution in [1.29, 1.82) is 0 Å². The summed E-state index contributed by atoms with van der Waals surface area (Å²) in [6, 6.07) is 25.4. The molecule has 2 aromatic heterocycles. The largest absolute Gasteiger partial charge is 0.493 e. The minimum Gasteiger partial charge on any atom is -0.493 e. The third-order valence-corrected chi connectivity index (χ3v) is 4.32. The van der Waals surface area contributed by atoms with Crippen LogP contribution in [0.4, 0.5) is 0 Å². The van der Waals surface area contributed by atoms with Gasteiger partial charge >= 0.3 is 0 Å². The van der Waals surface area contributed by atoms with E-state index in [1.54, 1.807) is 4.57 Å². The van der Waals surface area contributed by atoms with Crippen LogP contribution in [0.15, 0.2) is 78.9 Å². The number of aromatic nitrogens is 3. The van der Waals surface area contributed by atoms with Crippen molar-refractivity contribution in [2.24, 2.45) is 0 Å². The molecule has 1 N–H and O–H groups in total. The number of aryl methyl sites for hydroxylation is 1. The van der Waals surface area contributed by atoms with Crippen molar-refractivity contribution in [3.63, 3.8) is 0 Å². The Hall–Kier alpha value is -2.75. The minimum atomic E-state index is 0. The molecular weight excluding hydrogens is 514 g/mol. The van der Waals surface area contributed by atoms with Crippen LogP contribution in [0.5, 0.6) is 5.88 Å². The molecule has 27 heavy (non-hydrogen) atoms. The summed E-state index contributed by atoms with van der Waals surface area (Å²) in [7, 11) is 0. The number of nitrogens with zero attached hydrogens (tertiary/aromatic N) is 3. The Morgan fingerprint density at radius 3 is 2.04 bits per heavy atom. The summed E-state index contributed by atoms with van der Waals surface area (Å²) in [5, 5.41) is 11.0. The van der Waals surface area contributed by atoms with Gasteiger partial charge in [0, 0.05) is 36.9 Å². The van der Waals surface area contributed by atoms with Crippen molar-refractivity contribution in [3.8, 4) is 34.3 Å². The Balaban J connectivity index is 0.00000210. The first kappa shape index (κ1) is 19.0. The number of aromatic hydroxyl groups is 1. The Morgan fingerprint density at radius 2 is 1.41 bits per heavy atom. The molecule has 4 rings (SSSR count). The van der Waals surface area contributed by atoms with Crippen molar-refractivity contribution in [3.05, 3.63) is 84.6 Å². The molecule has 0 aliphatic heterocycles. The number of rotatable bonds is 4. The van der Waals surface area contributed by atoms with Crippen molar-refractivity contribution >= 4 is 0 Å². The number of benzene rings is 2. The first-order valence-electron chi connectivity index (χ1n) is 8.66. The summed E-state index contributed by atoms with van der Waals surface area (Å²) >= 11 is 0. The first-order valence-corrected chi connectivity index (χ1v) is 8.66. The van der Waals surface area contributed by atoms with Gasteiger partial charge in [0.2, 0.25) is 5.88 Å². The maximum Gasteiger partial charge on any atom is 0.225 e. The normalized spacial score (nSPS) is 10.4. The molecule has 2 heterocycles. The predicted octanol–water partition coefficient (Wildman–Crippen LogP) is 4.87. The van der Waals surface area contributed by atoms with E-state index in [4.69, 9.17) is 4.98 Å². The molecule has 0 atom stereocenters. The summed E-state index contributed by atoms with van der Waals surface area (Å²) in [6.07, 6.45) is 0.829. The number of pyridine rings is 1. The fourth-order valence-electron chi connectivity index (χ4n) is 2.99. The summed E-state index contributed by atoms with van der Waals surface area (Å²) in [6.45, 7) is 2.06. The number of hydrogen-bond donors (Lipinski definition) is 1. The minimum absolute atomic E-state index is 0. The zero-order chi connectivity index (χ0) is 17.9.